The Morgan fingerprint density at radius 3 is 1.88 bits per heavy atom. The molecule has 5 heteroatoms. The molecule has 4 radical (unpaired) electrons. The van der Waals surface area contributed by atoms with E-state index in [4.69, 9.17) is 5.11 Å². The van der Waals surface area contributed by atoms with Crippen LogP contribution < -0.4 is 0 Å². The predicted octanol–water partition coefficient (Wildman–Crippen LogP) is -1.14. The Bertz CT molecular complexity index is 99.5. The van der Waals surface area contributed by atoms with E-state index in [1.54, 1.807) is 0 Å². The van der Waals surface area contributed by atoms with Crippen molar-refractivity contribution in [3.63, 3.8) is 0 Å². The van der Waals surface area contributed by atoms with Crippen LogP contribution in [0.25, 0.3) is 0 Å². The predicted molar refractivity (Wildman–Crippen MR) is 25.4 cm³/mol. The van der Waals surface area contributed by atoms with Crippen molar-refractivity contribution in [2.75, 3.05) is 7.11 Å². The van der Waals surface area contributed by atoms with E-state index in [9.17, 15) is 9.59 Å². The van der Waals surface area contributed by atoms with Gasteiger partial charge in [-0.25, -0.2) is 9.59 Å². The first-order chi connectivity index (χ1) is 3.18. The summed E-state index contributed by atoms with van der Waals surface area (Å²) >= 11 is 0. The van der Waals surface area contributed by atoms with Crippen molar-refractivity contribution in [2.24, 2.45) is 0 Å². The summed E-state index contributed by atoms with van der Waals surface area (Å²) in [6.07, 6.45) is 0. The van der Waals surface area contributed by atoms with Crippen LogP contribution in [0, 0.1) is 0 Å². The van der Waals surface area contributed by atoms with Gasteiger partial charge in [-0.3, -0.25) is 0 Å². The minimum atomic E-state index is -1.57. The zero-order valence-corrected chi connectivity index (χ0v) is 7.03. The molecule has 0 rings (SSSR count). The van der Waals surface area contributed by atoms with Crippen LogP contribution in [-0.4, -0.2) is 48.1 Å². The fourth-order valence-corrected chi connectivity index (χ4v) is 0.0873. The van der Waals surface area contributed by atoms with Crippen LogP contribution in [0.15, 0.2) is 0 Å². The number of carbonyl (C=O) groups excluding carboxylic acids is 1. The smallest absolute Gasteiger partial charge is 0.417 e. The molecule has 0 atom stereocenters. The van der Waals surface area contributed by atoms with Crippen molar-refractivity contribution in [1.82, 2.24) is 0 Å². The zero-order valence-electron chi connectivity index (χ0n) is 4.17. The molecule has 0 bridgehead atoms. The molecule has 0 saturated carbocycles. The standard InChI is InChI=1S/C3H4O4.Sn/c1-7-3(6)2(4)5;/h1H3,(H,4,5);. The Hall–Kier alpha value is -0.261. The second kappa shape index (κ2) is 4.89. The van der Waals surface area contributed by atoms with Gasteiger partial charge in [-0.1, -0.05) is 0 Å². The minimum absolute atomic E-state index is 0. The Labute approximate surface area is 62.8 Å². The first kappa shape index (κ1) is 10.7. The first-order valence-corrected chi connectivity index (χ1v) is 1.49. The van der Waals surface area contributed by atoms with Gasteiger partial charge in [-0.05, 0) is 0 Å². The number of carboxylic acid groups (broad SMARTS) is 1. The van der Waals surface area contributed by atoms with Crippen LogP contribution in [0.5, 0.6) is 0 Å². The summed E-state index contributed by atoms with van der Waals surface area (Å²) < 4.78 is 3.77. The van der Waals surface area contributed by atoms with E-state index in [2.05, 4.69) is 4.74 Å². The first-order valence-electron chi connectivity index (χ1n) is 1.49. The van der Waals surface area contributed by atoms with Crippen LogP contribution in [0.1, 0.15) is 0 Å². The molecule has 0 aromatic heterocycles. The summed E-state index contributed by atoms with van der Waals surface area (Å²) in [5.74, 6) is -2.80. The van der Waals surface area contributed by atoms with Gasteiger partial charge in [0.2, 0.25) is 0 Å². The third-order valence-electron chi connectivity index (χ3n) is 0.360. The normalized spacial score (nSPS) is 6.62. The fraction of sp³-hybridized carbons (Fsp3) is 0.333. The van der Waals surface area contributed by atoms with E-state index >= 15 is 0 Å². The van der Waals surface area contributed by atoms with Crippen molar-refractivity contribution < 1.29 is 19.4 Å². The molecule has 8 heavy (non-hydrogen) atoms. The summed E-state index contributed by atoms with van der Waals surface area (Å²) in [6, 6.07) is 0. The van der Waals surface area contributed by atoms with Crippen molar-refractivity contribution in [3.8, 4) is 0 Å². The molecule has 4 nitrogen and oxygen atoms in total. The third kappa shape index (κ3) is 3.91. The third-order valence-corrected chi connectivity index (χ3v) is 0.360. The van der Waals surface area contributed by atoms with Gasteiger partial charge in [0.25, 0.3) is 0 Å². The van der Waals surface area contributed by atoms with Gasteiger partial charge in [0.05, 0.1) is 7.11 Å². The van der Waals surface area contributed by atoms with Crippen LogP contribution >= 0.6 is 0 Å². The molecule has 0 aromatic carbocycles. The van der Waals surface area contributed by atoms with Crippen LogP contribution in [-0.2, 0) is 14.3 Å². The molecular formula is C3H4O4Sn. The van der Waals surface area contributed by atoms with Crippen LogP contribution in [0.3, 0.4) is 0 Å². The van der Waals surface area contributed by atoms with Gasteiger partial charge in [-0.15, -0.1) is 0 Å². The SMILES string of the molecule is COC(=O)C(=O)O.[Sn]. The molecule has 0 saturated heterocycles. The Morgan fingerprint density at radius 2 is 1.88 bits per heavy atom. The van der Waals surface area contributed by atoms with Gasteiger partial charge < -0.3 is 9.84 Å². The zero-order chi connectivity index (χ0) is 5.86. The summed E-state index contributed by atoms with van der Waals surface area (Å²) in [7, 11) is 1.01. The van der Waals surface area contributed by atoms with E-state index in [0.29, 0.717) is 0 Å². The second-order valence-electron chi connectivity index (χ2n) is 0.797. The molecule has 0 heterocycles. The van der Waals surface area contributed by atoms with Gasteiger partial charge in [0.15, 0.2) is 0 Å². The maximum absolute atomic E-state index is 9.69. The molecular weight excluding hydrogens is 219 g/mol. The quantitative estimate of drug-likeness (QED) is 0.320. The van der Waals surface area contributed by atoms with E-state index in [0.717, 1.165) is 7.11 Å². The van der Waals surface area contributed by atoms with E-state index < -0.39 is 11.9 Å². The molecule has 0 aliphatic rings. The molecule has 0 aliphatic carbocycles. The van der Waals surface area contributed by atoms with Crippen molar-refractivity contribution >= 4 is 35.8 Å². The molecule has 0 amide bonds. The van der Waals surface area contributed by atoms with E-state index in [1.165, 1.54) is 0 Å². The van der Waals surface area contributed by atoms with Crippen molar-refractivity contribution in [3.05, 3.63) is 0 Å². The van der Waals surface area contributed by atoms with Crippen molar-refractivity contribution in [1.29, 1.82) is 0 Å². The average molecular weight is 223 g/mol. The van der Waals surface area contributed by atoms with Crippen LogP contribution in [0.4, 0.5) is 0 Å². The maximum Gasteiger partial charge on any atom is 0.417 e. The molecule has 0 aliphatic heterocycles. The van der Waals surface area contributed by atoms with E-state index in [-0.39, 0.29) is 23.9 Å². The minimum Gasteiger partial charge on any atom is -0.473 e. The second-order valence-corrected chi connectivity index (χ2v) is 0.797. The Balaban J connectivity index is 0. The molecule has 0 fully saturated rings. The number of ether oxygens (including phenoxy) is 1. The average Bonchev–Trinajstić information content (AvgIpc) is 1.65. The number of esters is 1. The van der Waals surface area contributed by atoms with E-state index in [1.807, 2.05) is 0 Å². The Morgan fingerprint density at radius 1 is 1.50 bits per heavy atom. The number of carboxylic acids is 1. The molecule has 44 valence electrons. The number of hydrogen-bond donors (Lipinski definition) is 1. The molecule has 0 unspecified atom stereocenters. The number of aliphatic carboxylic acids is 1. The van der Waals surface area contributed by atoms with Gasteiger partial charge in [0.1, 0.15) is 0 Å². The maximum atomic E-state index is 9.69. The topological polar surface area (TPSA) is 63.6 Å². The van der Waals surface area contributed by atoms with Crippen molar-refractivity contribution in [2.45, 2.75) is 0 Å². The van der Waals surface area contributed by atoms with Gasteiger partial charge >= 0.3 is 11.9 Å². The van der Waals surface area contributed by atoms with Gasteiger partial charge in [-0.2, -0.15) is 0 Å². The number of hydrogen-bond acceptors (Lipinski definition) is 3. The molecule has 0 aromatic rings. The molecule has 0 spiro atoms. The monoisotopic (exact) mass is 224 g/mol. The Kier molecular flexibility index (Phi) is 6.52. The summed E-state index contributed by atoms with van der Waals surface area (Å²) in [6.45, 7) is 0. The molecule has 1 N–H and O–H groups in total. The number of carbonyl (C=O) groups is 2. The number of rotatable bonds is 0. The summed E-state index contributed by atoms with van der Waals surface area (Å²) in [5.41, 5.74) is 0. The summed E-state index contributed by atoms with van der Waals surface area (Å²) in [5, 5.41) is 7.71. The number of methoxy groups -OCH3 is 1. The van der Waals surface area contributed by atoms with Crippen LogP contribution in [0.2, 0.25) is 0 Å². The summed E-state index contributed by atoms with van der Waals surface area (Å²) in [4.78, 5) is 19.1. The fourth-order valence-electron chi connectivity index (χ4n) is 0.0873. The van der Waals surface area contributed by atoms with Gasteiger partial charge in [0, 0.05) is 23.9 Å². The largest absolute Gasteiger partial charge is 0.473 e.